The Labute approximate surface area is 634 Å². The Kier molecular flexibility index (Phi) is 34.8. The third-order valence-corrected chi connectivity index (χ3v) is 14.1. The number of nitrogens with one attached hydrogen (secondary N) is 2. The van der Waals surface area contributed by atoms with Crippen molar-refractivity contribution in [3.05, 3.63) is 277 Å². The van der Waals surface area contributed by atoms with Crippen LogP contribution in [0, 0.1) is 27.7 Å². The summed E-state index contributed by atoms with van der Waals surface area (Å²) in [7, 11) is -0.0679. The predicted molar refractivity (Wildman–Crippen MR) is 408 cm³/mol. The fraction of sp³-hybridized carbons (Fsp3) is 0.147. The van der Waals surface area contributed by atoms with Gasteiger partial charge < -0.3 is 30.7 Å². The van der Waals surface area contributed by atoms with Crippen LogP contribution in [0.4, 0.5) is 0 Å². The van der Waals surface area contributed by atoms with Gasteiger partial charge in [-0.3, -0.25) is 79.4 Å². The first-order chi connectivity index (χ1) is 51.0. The zero-order valence-electron chi connectivity index (χ0n) is 58.3. The van der Waals surface area contributed by atoms with Crippen molar-refractivity contribution < 1.29 is 53.5 Å². The summed E-state index contributed by atoms with van der Waals surface area (Å²) in [6.07, 6.45) is 33.9. The van der Waals surface area contributed by atoms with E-state index in [1.54, 1.807) is 148 Å². The number of aromatic carboxylic acids is 1. The zero-order chi connectivity index (χ0) is 76.4. The molecular formula is C75H72BCl2N18O11P. The van der Waals surface area contributed by atoms with Crippen molar-refractivity contribution in [2.45, 2.75) is 74.6 Å². The van der Waals surface area contributed by atoms with E-state index in [2.05, 4.69) is 90.4 Å². The first-order valence-electron chi connectivity index (χ1n) is 31.6. The average molecular weight is 1510 g/mol. The first-order valence-corrected chi connectivity index (χ1v) is 33.7. The number of aryl methyl sites for hydroxylation is 4. The van der Waals surface area contributed by atoms with E-state index < -0.39 is 29.5 Å². The van der Waals surface area contributed by atoms with E-state index in [0.29, 0.717) is 66.3 Å². The minimum atomic E-state index is -1.26. The van der Waals surface area contributed by atoms with Gasteiger partial charge in [-0.05, 0) is 144 Å². The molecular weight excluding hydrogens is 1440 g/mol. The number of rotatable bonds is 17. The van der Waals surface area contributed by atoms with Gasteiger partial charge in [-0.2, -0.15) is 0 Å². The molecule has 2 amide bonds. The number of pyridine rings is 8. The Hall–Kier alpha value is -13.0. The SMILES string of the molecule is C.CC(C)(C)OC(=O)c1ccc(-c2cnccn2)cn1.Cc1cc(-c2ncc(CNC(=O)c3ccc(-c4cnccn4)cn3)cc2C)ccn1.Cc1cc(-c2ncc(CNC(=O)c3ccc(-c4cnccn4)cn3)cc2C)ccn1.Cl.O=BPCl.O=C(O)/C=C/C(=O)O.O=C(O)c1ccc(-c2cnccn2)cn1. The summed E-state index contributed by atoms with van der Waals surface area (Å²) in [5.41, 5.74) is 16.1. The van der Waals surface area contributed by atoms with E-state index in [9.17, 15) is 28.8 Å². The molecule has 33 heteroatoms. The molecule has 0 fully saturated rings. The number of ether oxygens (including phenoxy) is 1. The fourth-order valence-corrected chi connectivity index (χ4v) is 8.96. The maximum absolute atomic E-state index is 12.4. The maximum atomic E-state index is 12.4. The number of carboxylic acid groups (broad SMARTS) is 3. The van der Waals surface area contributed by atoms with Gasteiger partial charge >= 0.3 is 54.5 Å². The van der Waals surface area contributed by atoms with Gasteiger partial charge in [0.25, 0.3) is 11.8 Å². The predicted octanol–water partition coefficient (Wildman–Crippen LogP) is 12.4. The molecule has 29 nitrogen and oxygen atoms in total. The van der Waals surface area contributed by atoms with Gasteiger partial charge in [0.05, 0.1) is 59.0 Å². The number of amides is 2. The van der Waals surface area contributed by atoms with Gasteiger partial charge in [0.15, 0.2) is 0 Å². The number of aliphatic carboxylic acids is 2. The zero-order valence-corrected chi connectivity index (χ0v) is 60.9. The van der Waals surface area contributed by atoms with Crippen LogP contribution in [0.3, 0.4) is 0 Å². The molecule has 0 aliphatic heterocycles. The molecule has 0 bridgehead atoms. The van der Waals surface area contributed by atoms with Crippen LogP contribution in [-0.2, 0) is 32.1 Å². The van der Waals surface area contributed by atoms with Gasteiger partial charge in [0.1, 0.15) is 28.4 Å². The van der Waals surface area contributed by atoms with Crippen LogP contribution in [0.15, 0.2) is 221 Å². The van der Waals surface area contributed by atoms with Crippen molar-refractivity contribution >= 4 is 74.0 Å². The van der Waals surface area contributed by atoms with Crippen LogP contribution in [-0.4, -0.2) is 143 Å². The molecule has 0 radical (unpaired) electrons. The number of carbonyl (C=O) groups excluding carboxylic acids is 3. The van der Waals surface area contributed by atoms with Crippen molar-refractivity contribution in [1.82, 2.24) is 90.4 Å². The average Bonchev–Trinajstić information content (AvgIpc) is 0.828. The first kappa shape index (κ1) is 85.6. The van der Waals surface area contributed by atoms with Crippen LogP contribution < -0.4 is 10.6 Å². The molecule has 0 aliphatic carbocycles. The van der Waals surface area contributed by atoms with Crippen LogP contribution in [0.5, 0.6) is 0 Å². The van der Waals surface area contributed by atoms with Gasteiger partial charge in [-0.15, -0.1) is 12.4 Å². The number of halogens is 2. The maximum Gasteiger partial charge on any atom is 0.354 e. The van der Waals surface area contributed by atoms with E-state index in [0.717, 1.165) is 78.4 Å². The molecule has 5 N–H and O–H groups in total. The van der Waals surface area contributed by atoms with E-state index >= 15 is 0 Å². The Morgan fingerprint density at radius 3 is 1.03 bits per heavy atom. The van der Waals surface area contributed by atoms with Crippen molar-refractivity contribution in [2.24, 2.45) is 0 Å². The van der Waals surface area contributed by atoms with E-state index in [-0.39, 0.29) is 50.8 Å². The molecule has 0 saturated heterocycles. The molecule has 0 spiro atoms. The van der Waals surface area contributed by atoms with Gasteiger partial charge in [-0.25, -0.2) is 29.1 Å². The Morgan fingerprint density at radius 2 is 0.769 bits per heavy atom. The second kappa shape index (κ2) is 43.9. The summed E-state index contributed by atoms with van der Waals surface area (Å²) in [6, 6.07) is 25.4. The van der Waals surface area contributed by atoms with Crippen LogP contribution in [0.2, 0.25) is 0 Å². The summed E-state index contributed by atoms with van der Waals surface area (Å²) in [5, 5.41) is 30.1. The molecule has 0 aliphatic rings. The largest absolute Gasteiger partial charge is 0.478 e. The number of carbonyl (C=O) groups is 6. The summed E-state index contributed by atoms with van der Waals surface area (Å²) in [4.78, 5) is 133. The number of carboxylic acids is 3. The number of esters is 1. The number of aromatic nitrogens is 16. The monoisotopic (exact) mass is 1510 g/mol. The minimum Gasteiger partial charge on any atom is -0.478 e. The summed E-state index contributed by atoms with van der Waals surface area (Å²) < 4.78 is 14.3. The molecule has 12 rings (SSSR count). The van der Waals surface area contributed by atoms with Crippen molar-refractivity contribution in [2.75, 3.05) is 0 Å². The number of nitrogens with zero attached hydrogens (tertiary/aromatic N) is 16. The molecule has 1 atom stereocenters. The molecule has 12 aromatic heterocycles. The summed E-state index contributed by atoms with van der Waals surface area (Å²) >= 11 is 4.85. The third kappa shape index (κ3) is 28.5. The second-order valence-corrected chi connectivity index (χ2v) is 24.0. The minimum absolute atomic E-state index is 0. The van der Waals surface area contributed by atoms with Crippen LogP contribution in [0.25, 0.3) is 67.5 Å². The molecule has 0 saturated carbocycles. The quantitative estimate of drug-likeness (QED) is 0.0245. The van der Waals surface area contributed by atoms with Gasteiger partial charge in [-0.1, -0.05) is 19.6 Å². The molecule has 12 aromatic rings. The summed E-state index contributed by atoms with van der Waals surface area (Å²) in [6.45, 7) is 14.8. The Bertz CT molecular complexity index is 4740. The molecule has 1 unspecified atom stereocenters. The standard InChI is InChI=1S/2C23H20N6O.C14H15N3O2.C10H7N3O2.C4H4O4.CH4.BClHOP.ClH/c2*1-15-9-17(11-28-22(15)18-5-6-25-16(2)10-18)12-29-23(30)20-4-3-19(13-27-20)21-14-24-7-8-26-21;1-14(2,3)19-13(18)11-5-4-10(8-17-11)12-9-15-6-7-16-12;14-10(15)8-2-1-7(5-13-8)9-6-11-3-4-12-9;5-3(6)1-2-4(7)8;;2-4-1-3;/h2*3-11,13-14H,12H2,1-2H3,(H,29,30);4-9H,1-3H3;1-6H,(H,14,15);1-2H,(H,5,6)(H,7,8);1H4;4H;1H/b;;;;2-1+;;;. The Balaban J connectivity index is 0.000000250. The number of hydrogen-bond acceptors (Lipinski definition) is 24. The Morgan fingerprint density at radius 1 is 0.435 bits per heavy atom. The summed E-state index contributed by atoms with van der Waals surface area (Å²) in [5.74, 6) is -4.47. The molecule has 550 valence electrons. The topological polar surface area (TPSA) is 420 Å². The van der Waals surface area contributed by atoms with E-state index in [4.69, 9.17) is 36.0 Å². The molecule has 12 heterocycles. The van der Waals surface area contributed by atoms with E-state index in [1.807, 2.05) is 97.0 Å². The van der Waals surface area contributed by atoms with E-state index in [1.165, 1.54) is 12.3 Å². The number of hydrogen-bond donors (Lipinski definition) is 5. The van der Waals surface area contributed by atoms with Gasteiger partial charge in [0, 0.05) is 169 Å². The van der Waals surface area contributed by atoms with Crippen molar-refractivity contribution in [3.63, 3.8) is 0 Å². The molecule has 0 aromatic carbocycles. The fourth-order valence-electron chi connectivity index (χ4n) is 8.96. The van der Waals surface area contributed by atoms with Gasteiger partial charge in [0.2, 0.25) is 0 Å². The van der Waals surface area contributed by atoms with Crippen molar-refractivity contribution in [3.8, 4) is 67.5 Å². The molecule has 108 heavy (non-hydrogen) atoms. The normalized spacial score (nSPS) is 10.2. The smallest absolute Gasteiger partial charge is 0.354 e. The van der Waals surface area contributed by atoms with Crippen LogP contribution >= 0.6 is 31.5 Å². The third-order valence-electron chi connectivity index (χ3n) is 13.7. The van der Waals surface area contributed by atoms with Crippen molar-refractivity contribution in [1.29, 1.82) is 0 Å². The van der Waals surface area contributed by atoms with Crippen LogP contribution in [0.1, 0.15) is 104 Å². The second-order valence-electron chi connectivity index (χ2n) is 22.9.